The van der Waals surface area contributed by atoms with Crippen LogP contribution in [0.5, 0.6) is 5.75 Å². The van der Waals surface area contributed by atoms with E-state index >= 15 is 0 Å². The van der Waals surface area contributed by atoms with Crippen LogP contribution in [-0.2, 0) is 25.7 Å². The average molecular weight is 359 g/mol. The molecule has 0 bridgehead atoms. The Morgan fingerprint density at radius 3 is 2.07 bits per heavy atom. The average Bonchev–Trinajstić information content (AvgIpc) is 2.72. The van der Waals surface area contributed by atoms with Crippen molar-refractivity contribution in [2.45, 2.75) is 51.4 Å². The van der Waals surface area contributed by atoms with Crippen LogP contribution in [0.2, 0.25) is 0 Å². The highest BCUT2D eigenvalue weighted by atomic mass is 16.5. The fraction of sp³-hybridized carbons (Fsp3) is 0.391. The number of methoxy groups -OCH3 is 1. The molecule has 5 rings (SSSR count). The van der Waals surface area contributed by atoms with E-state index in [0.717, 1.165) is 53.8 Å². The second kappa shape index (κ2) is 6.52. The molecule has 4 nitrogen and oxygen atoms in total. The van der Waals surface area contributed by atoms with Crippen molar-refractivity contribution in [1.82, 2.24) is 9.97 Å². The Morgan fingerprint density at radius 2 is 1.41 bits per heavy atom. The molecule has 3 aromatic rings. The maximum atomic E-state index is 6.76. The number of aromatic nitrogens is 2. The fourth-order valence-electron chi connectivity index (χ4n) is 4.72. The number of nitrogen functional groups attached to an aromatic ring is 1. The van der Waals surface area contributed by atoms with Crippen molar-refractivity contribution in [3.63, 3.8) is 0 Å². The van der Waals surface area contributed by atoms with Crippen LogP contribution in [0.15, 0.2) is 24.3 Å². The molecule has 0 radical (unpaired) electrons. The molecule has 1 aromatic carbocycles. The third-order valence-corrected chi connectivity index (χ3v) is 6.11. The summed E-state index contributed by atoms with van der Waals surface area (Å²) in [5.41, 5.74) is 15.9. The number of anilines is 1. The lowest BCUT2D eigenvalue weighted by atomic mass is 9.85. The Morgan fingerprint density at radius 1 is 0.815 bits per heavy atom. The highest BCUT2D eigenvalue weighted by Crippen LogP contribution is 2.41. The number of aryl methyl sites for hydroxylation is 2. The van der Waals surface area contributed by atoms with Crippen LogP contribution in [0, 0.1) is 0 Å². The molecule has 138 valence electrons. The molecule has 0 fully saturated rings. The number of hydrogen-bond acceptors (Lipinski definition) is 4. The van der Waals surface area contributed by atoms with Crippen LogP contribution in [0.1, 0.15) is 48.2 Å². The monoisotopic (exact) mass is 359 g/mol. The number of pyridine rings is 2. The first-order chi connectivity index (χ1) is 13.3. The first-order valence-electron chi connectivity index (χ1n) is 10.0. The number of benzene rings is 1. The number of fused-ring (bicyclic) bond motifs is 3. The van der Waals surface area contributed by atoms with Gasteiger partial charge < -0.3 is 10.5 Å². The fourth-order valence-corrected chi connectivity index (χ4v) is 4.72. The van der Waals surface area contributed by atoms with Gasteiger partial charge in [0.15, 0.2) is 5.65 Å². The lowest BCUT2D eigenvalue weighted by molar-refractivity contribution is 0.415. The summed E-state index contributed by atoms with van der Waals surface area (Å²) >= 11 is 0. The minimum Gasteiger partial charge on any atom is -0.497 e. The molecule has 27 heavy (non-hydrogen) atoms. The van der Waals surface area contributed by atoms with Gasteiger partial charge in [0.05, 0.1) is 12.5 Å². The van der Waals surface area contributed by atoms with Gasteiger partial charge in [0.25, 0.3) is 0 Å². The zero-order valence-corrected chi connectivity index (χ0v) is 15.8. The topological polar surface area (TPSA) is 61.0 Å². The number of hydrogen-bond donors (Lipinski definition) is 1. The molecule has 0 aliphatic heterocycles. The number of nitrogens with two attached hydrogens (primary N) is 1. The maximum absolute atomic E-state index is 6.76. The van der Waals surface area contributed by atoms with Crippen molar-refractivity contribution in [1.29, 1.82) is 0 Å². The van der Waals surface area contributed by atoms with E-state index < -0.39 is 0 Å². The molecule has 2 N–H and O–H groups in total. The van der Waals surface area contributed by atoms with Crippen LogP contribution in [0.4, 0.5) is 5.69 Å². The molecule has 0 unspecified atom stereocenters. The Balaban J connectivity index is 1.85. The molecule has 0 saturated heterocycles. The van der Waals surface area contributed by atoms with Crippen molar-refractivity contribution in [3.8, 4) is 16.9 Å². The van der Waals surface area contributed by atoms with Crippen molar-refractivity contribution >= 4 is 16.7 Å². The van der Waals surface area contributed by atoms with Crippen molar-refractivity contribution < 1.29 is 4.74 Å². The SMILES string of the molecule is COc1ccc(-c2c3c(nc4nc5c(c(N)c24)CCCC5)CCCC3)cc1. The first kappa shape index (κ1) is 16.5. The van der Waals surface area contributed by atoms with Gasteiger partial charge in [-0.3, -0.25) is 0 Å². The molecule has 0 atom stereocenters. The quantitative estimate of drug-likeness (QED) is 0.724. The van der Waals surface area contributed by atoms with Gasteiger partial charge in [0, 0.05) is 17.1 Å². The predicted octanol–water partition coefficient (Wildman–Crippen LogP) is 4.65. The summed E-state index contributed by atoms with van der Waals surface area (Å²) in [6, 6.07) is 8.33. The van der Waals surface area contributed by atoms with Gasteiger partial charge in [-0.2, -0.15) is 0 Å². The number of rotatable bonds is 2. The van der Waals surface area contributed by atoms with Crippen LogP contribution in [0.3, 0.4) is 0 Å². The first-order valence-corrected chi connectivity index (χ1v) is 10.0. The van der Waals surface area contributed by atoms with Gasteiger partial charge in [0.1, 0.15) is 5.75 Å². The normalized spacial score (nSPS) is 16.0. The molecule has 0 spiro atoms. The van der Waals surface area contributed by atoms with Crippen LogP contribution >= 0.6 is 0 Å². The minimum absolute atomic E-state index is 0.833. The zero-order valence-electron chi connectivity index (χ0n) is 15.8. The Kier molecular flexibility index (Phi) is 4.00. The van der Waals surface area contributed by atoms with E-state index in [-0.39, 0.29) is 0 Å². The lowest BCUT2D eigenvalue weighted by Crippen LogP contribution is -2.14. The molecule has 4 heteroatoms. The second-order valence-electron chi connectivity index (χ2n) is 7.70. The summed E-state index contributed by atoms with van der Waals surface area (Å²) in [4.78, 5) is 9.98. The highest BCUT2D eigenvalue weighted by molar-refractivity contribution is 6.03. The standard InChI is InChI=1S/C23H25N3O/c1-27-15-12-10-14(11-13-15)20-16-6-2-4-8-18(16)25-23-21(20)22(24)17-7-3-5-9-19(17)26-23/h10-13H,2-9H2,1H3,(H2,24,25,26). The summed E-state index contributed by atoms with van der Waals surface area (Å²) in [6.07, 6.45) is 8.95. The molecular formula is C23H25N3O. The molecule has 0 saturated carbocycles. The third kappa shape index (κ3) is 2.66. The smallest absolute Gasteiger partial charge is 0.162 e. The van der Waals surface area contributed by atoms with E-state index in [1.54, 1.807) is 7.11 Å². The van der Waals surface area contributed by atoms with Gasteiger partial charge in [-0.05, 0) is 85.8 Å². The lowest BCUT2D eigenvalue weighted by Gasteiger charge is -2.24. The molecule has 2 aliphatic carbocycles. The molecule has 0 amide bonds. The Labute approximate surface area is 159 Å². The molecule has 2 aromatic heterocycles. The third-order valence-electron chi connectivity index (χ3n) is 6.11. The van der Waals surface area contributed by atoms with Gasteiger partial charge >= 0.3 is 0 Å². The summed E-state index contributed by atoms with van der Waals surface area (Å²) < 4.78 is 5.35. The number of nitrogens with zero attached hydrogens (tertiary/aromatic N) is 2. The van der Waals surface area contributed by atoms with Crippen LogP contribution in [0.25, 0.3) is 22.2 Å². The largest absolute Gasteiger partial charge is 0.497 e. The van der Waals surface area contributed by atoms with E-state index in [1.807, 2.05) is 12.1 Å². The van der Waals surface area contributed by atoms with E-state index in [2.05, 4.69) is 12.1 Å². The summed E-state index contributed by atoms with van der Waals surface area (Å²) in [6.45, 7) is 0. The summed E-state index contributed by atoms with van der Waals surface area (Å²) in [5.74, 6) is 0.870. The van der Waals surface area contributed by atoms with E-state index in [4.69, 9.17) is 20.4 Å². The molecule has 2 heterocycles. The highest BCUT2D eigenvalue weighted by Gasteiger charge is 2.24. The van der Waals surface area contributed by atoms with Crippen LogP contribution < -0.4 is 10.5 Å². The number of ether oxygens (including phenoxy) is 1. The molecule has 2 aliphatic rings. The Hall–Kier alpha value is -2.62. The van der Waals surface area contributed by atoms with Crippen molar-refractivity contribution in [2.75, 3.05) is 12.8 Å². The second-order valence-corrected chi connectivity index (χ2v) is 7.70. The van der Waals surface area contributed by atoms with E-state index in [0.29, 0.717) is 0 Å². The van der Waals surface area contributed by atoms with Gasteiger partial charge in [0.2, 0.25) is 0 Å². The summed E-state index contributed by atoms with van der Waals surface area (Å²) in [5, 5.41) is 1.06. The van der Waals surface area contributed by atoms with E-state index in [1.165, 1.54) is 53.6 Å². The maximum Gasteiger partial charge on any atom is 0.162 e. The van der Waals surface area contributed by atoms with Crippen molar-refractivity contribution in [2.24, 2.45) is 0 Å². The Bertz CT molecular complexity index is 1020. The van der Waals surface area contributed by atoms with E-state index in [9.17, 15) is 0 Å². The van der Waals surface area contributed by atoms with Crippen LogP contribution in [-0.4, -0.2) is 17.1 Å². The minimum atomic E-state index is 0.833. The zero-order chi connectivity index (χ0) is 18.4. The van der Waals surface area contributed by atoms with Crippen molar-refractivity contribution in [3.05, 3.63) is 46.8 Å². The molecular weight excluding hydrogens is 334 g/mol. The van der Waals surface area contributed by atoms with Gasteiger partial charge in [-0.1, -0.05) is 12.1 Å². The van der Waals surface area contributed by atoms with Gasteiger partial charge in [-0.25, -0.2) is 9.97 Å². The predicted molar refractivity (Wildman–Crippen MR) is 109 cm³/mol. The summed E-state index contributed by atoms with van der Waals surface area (Å²) in [7, 11) is 1.70. The van der Waals surface area contributed by atoms with Gasteiger partial charge in [-0.15, -0.1) is 0 Å².